The van der Waals surface area contributed by atoms with Gasteiger partial charge in [-0.1, -0.05) is 13.3 Å². The Bertz CT molecular complexity index is 840. The number of benzene rings is 1. The molecule has 134 valence electrons. The molecular weight excluding hydrogens is 344 g/mol. The van der Waals surface area contributed by atoms with Crippen LogP contribution in [0, 0.1) is 0 Å². The van der Waals surface area contributed by atoms with Gasteiger partial charge < -0.3 is 14.4 Å². The average Bonchev–Trinajstić information content (AvgIpc) is 3.07. The molecule has 9 heteroatoms. The van der Waals surface area contributed by atoms with Crippen LogP contribution in [-0.4, -0.2) is 39.0 Å². The van der Waals surface area contributed by atoms with E-state index in [-0.39, 0.29) is 17.5 Å². The predicted octanol–water partition coefficient (Wildman–Crippen LogP) is 2.24. The Morgan fingerprint density at radius 1 is 1.16 bits per heavy atom. The van der Waals surface area contributed by atoms with Gasteiger partial charge in [0.25, 0.3) is 10.0 Å². The summed E-state index contributed by atoms with van der Waals surface area (Å²) in [6, 6.07) is 7.77. The van der Waals surface area contributed by atoms with Crippen LogP contribution in [0.25, 0.3) is 0 Å². The minimum Gasteiger partial charge on any atom is -0.454 e. The first-order valence-corrected chi connectivity index (χ1v) is 9.45. The molecule has 0 fully saturated rings. The van der Waals surface area contributed by atoms with E-state index in [1.807, 2.05) is 11.9 Å². The maximum Gasteiger partial charge on any atom is 0.263 e. The lowest BCUT2D eigenvalue weighted by atomic mass is 10.3. The molecule has 0 atom stereocenters. The minimum absolute atomic E-state index is 0.0719. The summed E-state index contributed by atoms with van der Waals surface area (Å²) in [4.78, 5) is 2.05. The van der Waals surface area contributed by atoms with Gasteiger partial charge in [-0.05, 0) is 30.7 Å². The van der Waals surface area contributed by atoms with E-state index in [4.69, 9.17) is 9.47 Å². The maximum absolute atomic E-state index is 12.5. The second-order valence-corrected chi connectivity index (χ2v) is 7.35. The molecule has 1 N–H and O–H groups in total. The van der Waals surface area contributed by atoms with Gasteiger partial charge in [-0.15, -0.1) is 10.2 Å². The van der Waals surface area contributed by atoms with Crippen LogP contribution in [-0.2, 0) is 10.0 Å². The van der Waals surface area contributed by atoms with Gasteiger partial charge in [0, 0.05) is 19.7 Å². The second-order valence-electron chi connectivity index (χ2n) is 5.67. The van der Waals surface area contributed by atoms with Crippen LogP contribution in [0.15, 0.2) is 35.2 Å². The van der Waals surface area contributed by atoms with E-state index in [0.29, 0.717) is 17.3 Å². The van der Waals surface area contributed by atoms with Crippen molar-refractivity contribution in [2.24, 2.45) is 0 Å². The van der Waals surface area contributed by atoms with Crippen LogP contribution in [0.3, 0.4) is 0 Å². The van der Waals surface area contributed by atoms with Gasteiger partial charge in [0.15, 0.2) is 23.1 Å². The molecule has 0 unspecified atom stereocenters. The Labute approximate surface area is 146 Å². The van der Waals surface area contributed by atoms with E-state index in [1.54, 1.807) is 18.2 Å². The lowest BCUT2D eigenvalue weighted by Crippen LogP contribution is -2.20. The Hall–Kier alpha value is -2.55. The zero-order valence-electron chi connectivity index (χ0n) is 14.1. The topological polar surface area (TPSA) is 93.7 Å². The zero-order valence-corrected chi connectivity index (χ0v) is 14.9. The third-order valence-electron chi connectivity index (χ3n) is 3.78. The van der Waals surface area contributed by atoms with E-state index in [9.17, 15) is 8.42 Å². The molecule has 25 heavy (non-hydrogen) atoms. The first-order chi connectivity index (χ1) is 12.0. The Kier molecular flexibility index (Phi) is 4.93. The summed E-state index contributed by atoms with van der Waals surface area (Å²) in [5.74, 6) is 1.78. The fourth-order valence-electron chi connectivity index (χ4n) is 2.33. The van der Waals surface area contributed by atoms with Gasteiger partial charge in [-0.3, -0.25) is 4.72 Å². The van der Waals surface area contributed by atoms with Crippen LogP contribution < -0.4 is 19.1 Å². The molecule has 3 rings (SSSR count). The molecule has 1 aliphatic heterocycles. The van der Waals surface area contributed by atoms with Crippen LogP contribution in [0.2, 0.25) is 0 Å². The van der Waals surface area contributed by atoms with Crippen molar-refractivity contribution < 1.29 is 17.9 Å². The van der Waals surface area contributed by atoms with E-state index >= 15 is 0 Å². The predicted molar refractivity (Wildman–Crippen MR) is 93.6 cm³/mol. The highest BCUT2D eigenvalue weighted by atomic mass is 32.2. The minimum atomic E-state index is -3.78. The SMILES string of the molecule is CCCCN(C)c1ccc(NS(=O)(=O)c2ccc3c(c2)OCO3)nn1. The summed E-state index contributed by atoms with van der Waals surface area (Å²) in [5.41, 5.74) is 0. The number of unbranched alkanes of at least 4 members (excludes halogenated alkanes) is 1. The smallest absolute Gasteiger partial charge is 0.263 e. The van der Waals surface area contributed by atoms with Crippen molar-refractivity contribution in [3.63, 3.8) is 0 Å². The van der Waals surface area contributed by atoms with Crippen LogP contribution in [0.5, 0.6) is 11.5 Å². The van der Waals surface area contributed by atoms with Gasteiger partial charge in [0.05, 0.1) is 4.90 Å². The van der Waals surface area contributed by atoms with E-state index in [2.05, 4.69) is 21.8 Å². The van der Waals surface area contributed by atoms with E-state index < -0.39 is 10.0 Å². The number of hydrogen-bond acceptors (Lipinski definition) is 7. The summed E-state index contributed by atoms with van der Waals surface area (Å²) < 4.78 is 37.8. The van der Waals surface area contributed by atoms with Gasteiger partial charge in [-0.25, -0.2) is 8.42 Å². The second kappa shape index (κ2) is 7.14. The largest absolute Gasteiger partial charge is 0.454 e. The molecule has 0 spiro atoms. The quantitative estimate of drug-likeness (QED) is 0.805. The number of hydrogen-bond donors (Lipinski definition) is 1. The molecule has 1 aliphatic rings. The summed E-state index contributed by atoms with van der Waals surface area (Å²) in [7, 11) is -1.86. The monoisotopic (exact) mass is 364 g/mol. The number of sulfonamides is 1. The first kappa shape index (κ1) is 17.3. The van der Waals surface area contributed by atoms with Crippen molar-refractivity contribution in [3.05, 3.63) is 30.3 Å². The zero-order chi connectivity index (χ0) is 17.9. The molecule has 2 heterocycles. The van der Waals surface area contributed by atoms with Crippen LogP contribution >= 0.6 is 0 Å². The fraction of sp³-hybridized carbons (Fsp3) is 0.375. The highest BCUT2D eigenvalue weighted by Crippen LogP contribution is 2.34. The summed E-state index contributed by atoms with van der Waals surface area (Å²) >= 11 is 0. The third-order valence-corrected chi connectivity index (χ3v) is 5.13. The standard InChI is InChI=1S/C16H20N4O4S/c1-3-4-9-20(2)16-8-7-15(17-18-16)19-25(21,22)12-5-6-13-14(10-12)24-11-23-13/h5-8,10H,3-4,9,11H2,1-2H3,(H,17,19). The summed E-state index contributed by atoms with van der Waals surface area (Å²) in [6.07, 6.45) is 2.14. The molecule has 0 bridgehead atoms. The molecule has 8 nitrogen and oxygen atoms in total. The lowest BCUT2D eigenvalue weighted by molar-refractivity contribution is 0.174. The third kappa shape index (κ3) is 3.93. The van der Waals surface area contributed by atoms with Crippen LogP contribution in [0.1, 0.15) is 19.8 Å². The van der Waals surface area contributed by atoms with Crippen molar-refractivity contribution in [3.8, 4) is 11.5 Å². The molecule has 0 amide bonds. The Morgan fingerprint density at radius 3 is 2.68 bits per heavy atom. The Morgan fingerprint density at radius 2 is 1.96 bits per heavy atom. The van der Waals surface area contributed by atoms with E-state index in [0.717, 1.165) is 19.4 Å². The summed E-state index contributed by atoms with van der Waals surface area (Å²) in [5, 5.41) is 8.02. The van der Waals surface area contributed by atoms with Gasteiger partial charge >= 0.3 is 0 Å². The number of fused-ring (bicyclic) bond motifs is 1. The van der Waals surface area contributed by atoms with Gasteiger partial charge in [0.1, 0.15) is 0 Å². The van der Waals surface area contributed by atoms with Crippen molar-refractivity contribution in [2.75, 3.05) is 30.0 Å². The number of aromatic nitrogens is 2. The molecule has 0 saturated carbocycles. The number of anilines is 2. The molecular formula is C16H20N4O4S. The van der Waals surface area contributed by atoms with Gasteiger partial charge in [-0.2, -0.15) is 0 Å². The number of nitrogens with zero attached hydrogens (tertiary/aromatic N) is 3. The lowest BCUT2D eigenvalue weighted by Gasteiger charge is -2.17. The molecule has 0 radical (unpaired) electrons. The maximum atomic E-state index is 12.5. The number of nitrogens with one attached hydrogen (secondary N) is 1. The Balaban J connectivity index is 1.72. The molecule has 0 saturated heterocycles. The van der Waals surface area contributed by atoms with Crippen molar-refractivity contribution in [1.82, 2.24) is 10.2 Å². The molecule has 2 aromatic rings. The normalized spacial score (nSPS) is 12.9. The van der Waals surface area contributed by atoms with Crippen molar-refractivity contribution in [2.45, 2.75) is 24.7 Å². The molecule has 1 aromatic heterocycles. The van der Waals surface area contributed by atoms with Crippen LogP contribution in [0.4, 0.5) is 11.6 Å². The van der Waals surface area contributed by atoms with E-state index in [1.165, 1.54) is 12.1 Å². The van der Waals surface area contributed by atoms with Crippen molar-refractivity contribution in [1.29, 1.82) is 0 Å². The number of ether oxygens (including phenoxy) is 2. The molecule has 1 aromatic carbocycles. The first-order valence-electron chi connectivity index (χ1n) is 7.97. The highest BCUT2D eigenvalue weighted by molar-refractivity contribution is 7.92. The average molecular weight is 364 g/mol. The van der Waals surface area contributed by atoms with Crippen molar-refractivity contribution >= 4 is 21.7 Å². The van der Waals surface area contributed by atoms with Gasteiger partial charge in [0.2, 0.25) is 6.79 Å². The number of rotatable bonds is 7. The summed E-state index contributed by atoms with van der Waals surface area (Å²) in [6.45, 7) is 3.08. The molecule has 0 aliphatic carbocycles. The highest BCUT2D eigenvalue weighted by Gasteiger charge is 2.21. The fourth-order valence-corrected chi connectivity index (χ4v) is 3.35.